The molecule has 4 heterocycles. The predicted octanol–water partition coefficient (Wildman–Crippen LogP) is 14.6. The van der Waals surface area contributed by atoms with Gasteiger partial charge >= 0.3 is 0 Å². The van der Waals surface area contributed by atoms with Crippen LogP contribution in [0.3, 0.4) is 0 Å². The van der Waals surface area contributed by atoms with Crippen LogP contribution in [-0.4, -0.2) is 19.9 Å². The summed E-state index contributed by atoms with van der Waals surface area (Å²) in [6, 6.07) is 33.2. The van der Waals surface area contributed by atoms with E-state index in [9.17, 15) is 0 Å². The molecule has 8 aromatic rings. The van der Waals surface area contributed by atoms with Gasteiger partial charge in [0.15, 0.2) is 0 Å². The minimum atomic E-state index is 1.04. The summed E-state index contributed by atoms with van der Waals surface area (Å²) in [4.78, 5) is 19.0. The largest absolute Gasteiger partial charge is 0.253 e. The molecule has 0 saturated heterocycles. The normalized spacial score (nSPS) is 12.4. The fraction of sp³-hybridized carbons (Fsp3) is 0.279. The van der Waals surface area contributed by atoms with Crippen molar-refractivity contribution in [3.8, 4) is 45.0 Å². The van der Waals surface area contributed by atoms with E-state index in [-0.39, 0.29) is 0 Å². The number of fused-ring (bicyclic) bond motifs is 12. The van der Waals surface area contributed by atoms with Crippen LogP contribution in [0.4, 0.5) is 0 Å². The minimum absolute atomic E-state index is 1.04. The molecule has 0 atom stereocenters. The summed E-state index contributed by atoms with van der Waals surface area (Å²) in [5.41, 5.74) is 38.1. The molecule has 65 heavy (non-hydrogen) atoms. The molecule has 0 bridgehead atoms. The van der Waals surface area contributed by atoms with E-state index in [0.29, 0.717) is 0 Å². The molecule has 0 spiro atoms. The standard InChI is InChI=1S/C16H17N.3C15H15N/c1-9-6-5-7-13-8-14-11(3)10(2)12(4)17-16(14)15(9)13;1-9-4-5-14-12(6-9)8-13-7-10(2)11(3)16-15(13)14;1-9-4-5-12-8-13-7-10(2)11(3)16-15(13)14(12)6-9;1-9-5-4-6-13-14(9)8-12-7-10(2)11(3)16-15(12)13/h5-7H,8H2,1-4H3;3*4-7H,8H2,1-3H3. The number of hydrogen-bond acceptors (Lipinski definition) is 4. The zero-order valence-electron chi connectivity index (χ0n) is 40.8. The van der Waals surface area contributed by atoms with Crippen molar-refractivity contribution >= 4 is 0 Å². The lowest BCUT2D eigenvalue weighted by Crippen LogP contribution is -1.98. The van der Waals surface area contributed by atoms with Crippen molar-refractivity contribution in [2.75, 3.05) is 0 Å². The number of benzene rings is 4. The Kier molecular flexibility index (Phi) is 11.5. The maximum Gasteiger partial charge on any atom is 0.0748 e. The molecule has 0 saturated carbocycles. The molecular formula is C61H62N4. The Hall–Kier alpha value is -6.52. The molecule has 326 valence electrons. The van der Waals surface area contributed by atoms with Crippen LogP contribution in [0.1, 0.15) is 117 Å². The second-order valence-electron chi connectivity index (χ2n) is 19.2. The second kappa shape index (κ2) is 17.1. The van der Waals surface area contributed by atoms with E-state index in [1.54, 1.807) is 0 Å². The third kappa shape index (κ3) is 8.13. The number of rotatable bonds is 0. The van der Waals surface area contributed by atoms with Crippen LogP contribution in [0.15, 0.2) is 91.0 Å². The van der Waals surface area contributed by atoms with Gasteiger partial charge in [-0.1, -0.05) is 96.1 Å². The van der Waals surface area contributed by atoms with Gasteiger partial charge in [0.2, 0.25) is 0 Å². The van der Waals surface area contributed by atoms with E-state index in [4.69, 9.17) is 19.9 Å². The third-order valence-electron chi connectivity index (χ3n) is 14.6. The Balaban J connectivity index is 0.000000109. The zero-order valence-corrected chi connectivity index (χ0v) is 40.8. The Morgan fingerprint density at radius 1 is 0.308 bits per heavy atom. The summed E-state index contributed by atoms with van der Waals surface area (Å²) in [7, 11) is 0. The van der Waals surface area contributed by atoms with Gasteiger partial charge in [0, 0.05) is 70.7 Å². The maximum atomic E-state index is 4.82. The quantitative estimate of drug-likeness (QED) is 0.153. The van der Waals surface area contributed by atoms with E-state index in [1.807, 2.05) is 0 Å². The van der Waals surface area contributed by atoms with E-state index in [1.165, 1.54) is 140 Å². The molecule has 0 fully saturated rings. The van der Waals surface area contributed by atoms with Crippen LogP contribution in [0, 0.1) is 90.0 Å². The Bertz CT molecular complexity index is 3230. The summed E-state index contributed by atoms with van der Waals surface area (Å²) in [5, 5.41) is 0. The molecule has 0 aliphatic heterocycles. The van der Waals surface area contributed by atoms with Gasteiger partial charge < -0.3 is 0 Å². The van der Waals surface area contributed by atoms with Crippen LogP contribution in [-0.2, 0) is 25.7 Å². The highest BCUT2D eigenvalue weighted by molar-refractivity contribution is 5.79. The molecule has 0 radical (unpaired) electrons. The highest BCUT2D eigenvalue weighted by Gasteiger charge is 2.26. The van der Waals surface area contributed by atoms with Gasteiger partial charge in [-0.05, 0) is 180 Å². The average molecular weight is 851 g/mol. The predicted molar refractivity (Wildman–Crippen MR) is 271 cm³/mol. The van der Waals surface area contributed by atoms with Crippen molar-refractivity contribution in [3.63, 3.8) is 0 Å². The number of nitrogens with zero attached hydrogens (tertiary/aromatic N) is 4. The summed E-state index contributed by atoms with van der Waals surface area (Å²) in [6.45, 7) is 27.8. The first-order chi connectivity index (χ1) is 31.1. The van der Waals surface area contributed by atoms with E-state index < -0.39 is 0 Å². The second-order valence-corrected chi connectivity index (χ2v) is 19.2. The van der Waals surface area contributed by atoms with E-state index in [2.05, 4.69) is 181 Å². The maximum absolute atomic E-state index is 4.82. The van der Waals surface area contributed by atoms with Gasteiger partial charge in [-0.25, -0.2) is 0 Å². The molecule has 0 N–H and O–H groups in total. The molecule has 0 amide bonds. The van der Waals surface area contributed by atoms with Crippen molar-refractivity contribution in [1.82, 2.24) is 19.9 Å². The van der Waals surface area contributed by atoms with E-state index in [0.717, 1.165) is 48.5 Å². The molecule has 4 aromatic carbocycles. The molecule has 4 aromatic heterocycles. The lowest BCUT2D eigenvalue weighted by molar-refractivity contribution is 1.09. The first-order valence-electron chi connectivity index (χ1n) is 23.3. The summed E-state index contributed by atoms with van der Waals surface area (Å²) in [5.74, 6) is 0. The highest BCUT2D eigenvalue weighted by atomic mass is 14.7. The van der Waals surface area contributed by atoms with Crippen LogP contribution in [0.25, 0.3) is 45.0 Å². The van der Waals surface area contributed by atoms with E-state index >= 15 is 0 Å². The van der Waals surface area contributed by atoms with Crippen molar-refractivity contribution in [3.05, 3.63) is 208 Å². The third-order valence-corrected chi connectivity index (χ3v) is 14.6. The summed E-state index contributed by atoms with van der Waals surface area (Å²) >= 11 is 0. The molecule has 4 heteroatoms. The first kappa shape index (κ1) is 43.7. The fourth-order valence-electron chi connectivity index (χ4n) is 10.1. The van der Waals surface area contributed by atoms with Gasteiger partial charge in [0.1, 0.15) is 0 Å². The molecule has 0 unspecified atom stereocenters. The number of aromatic nitrogens is 4. The summed E-state index contributed by atoms with van der Waals surface area (Å²) < 4.78 is 0. The van der Waals surface area contributed by atoms with Crippen LogP contribution in [0.2, 0.25) is 0 Å². The van der Waals surface area contributed by atoms with Crippen molar-refractivity contribution in [2.45, 2.75) is 116 Å². The van der Waals surface area contributed by atoms with Crippen molar-refractivity contribution in [2.24, 2.45) is 0 Å². The van der Waals surface area contributed by atoms with Crippen LogP contribution < -0.4 is 0 Å². The van der Waals surface area contributed by atoms with Gasteiger partial charge in [0.25, 0.3) is 0 Å². The Morgan fingerprint density at radius 2 is 0.815 bits per heavy atom. The lowest BCUT2D eigenvalue weighted by atomic mass is 10.0. The van der Waals surface area contributed by atoms with Gasteiger partial charge in [-0.2, -0.15) is 0 Å². The van der Waals surface area contributed by atoms with Crippen molar-refractivity contribution < 1.29 is 0 Å². The number of pyridine rings is 4. The molecule has 4 nitrogen and oxygen atoms in total. The monoisotopic (exact) mass is 850 g/mol. The fourth-order valence-corrected chi connectivity index (χ4v) is 10.1. The van der Waals surface area contributed by atoms with Crippen molar-refractivity contribution in [1.29, 1.82) is 0 Å². The molecule has 12 rings (SSSR count). The van der Waals surface area contributed by atoms with Crippen LogP contribution in [0.5, 0.6) is 0 Å². The molecule has 4 aliphatic carbocycles. The molecular weight excluding hydrogens is 789 g/mol. The lowest BCUT2D eigenvalue weighted by Gasteiger charge is -2.10. The topological polar surface area (TPSA) is 51.6 Å². The highest BCUT2D eigenvalue weighted by Crippen LogP contribution is 2.41. The van der Waals surface area contributed by atoms with Gasteiger partial charge in [-0.15, -0.1) is 0 Å². The minimum Gasteiger partial charge on any atom is -0.253 e. The summed E-state index contributed by atoms with van der Waals surface area (Å²) in [6.07, 6.45) is 4.18. The zero-order chi connectivity index (χ0) is 46.0. The smallest absolute Gasteiger partial charge is 0.0748 e. The average Bonchev–Trinajstić information content (AvgIpc) is 4.02. The Labute approximate surface area is 387 Å². The number of hydrogen-bond donors (Lipinski definition) is 0. The Morgan fingerprint density at radius 3 is 1.48 bits per heavy atom. The SMILES string of the molecule is Cc1cc2c(nc1C)-c1cccc(C)c1C2.Cc1ccc2c(c1)-c1nc(C)c(C)cc1C2.Cc1ccc2c(c1)Cc1cc(C)c(C)nc1-2.Cc1cccc2c1-c1nc(C)c(C)c(C)c1C2. The van der Waals surface area contributed by atoms with Gasteiger partial charge in [-0.3, -0.25) is 19.9 Å². The molecule has 4 aliphatic rings. The van der Waals surface area contributed by atoms with Gasteiger partial charge in [0.05, 0.1) is 22.8 Å². The van der Waals surface area contributed by atoms with Crippen LogP contribution >= 0.6 is 0 Å². The number of aryl methyl sites for hydroxylation is 11. The first-order valence-corrected chi connectivity index (χ1v) is 23.3.